The summed E-state index contributed by atoms with van der Waals surface area (Å²) in [6.45, 7) is 4.89. The van der Waals surface area contributed by atoms with Gasteiger partial charge in [-0.2, -0.15) is 0 Å². The molecule has 20 heavy (non-hydrogen) atoms. The molecule has 102 valence electrons. The van der Waals surface area contributed by atoms with E-state index in [1.165, 1.54) is 22.3 Å². The Morgan fingerprint density at radius 3 is 2.75 bits per heavy atom. The molecule has 0 atom stereocenters. The van der Waals surface area contributed by atoms with Crippen LogP contribution in [0.4, 0.5) is 0 Å². The van der Waals surface area contributed by atoms with Crippen molar-refractivity contribution >= 4 is 5.52 Å². The zero-order valence-corrected chi connectivity index (χ0v) is 11.9. The van der Waals surface area contributed by atoms with Crippen LogP contribution in [-0.4, -0.2) is 15.9 Å². The lowest BCUT2D eigenvalue weighted by Crippen LogP contribution is -2.06. The van der Waals surface area contributed by atoms with Crippen molar-refractivity contribution in [3.63, 3.8) is 0 Å². The topological polar surface area (TPSA) is 43.3 Å². The van der Waals surface area contributed by atoms with Gasteiger partial charge in [0.2, 0.25) is 0 Å². The fourth-order valence-electron chi connectivity index (χ4n) is 2.73. The summed E-state index contributed by atoms with van der Waals surface area (Å²) in [7, 11) is 0. The zero-order valence-electron chi connectivity index (χ0n) is 11.9. The first-order valence-electron chi connectivity index (χ1n) is 6.93. The van der Waals surface area contributed by atoms with Crippen LogP contribution in [0.3, 0.4) is 0 Å². The molecule has 3 rings (SSSR count). The SMILES string of the molecule is Cc1ccc(-c2cccn3c(CCN)ncc23)c(C)c1. The Labute approximate surface area is 119 Å². The predicted octanol–water partition coefficient (Wildman–Crippen LogP) is 3.12. The lowest BCUT2D eigenvalue weighted by molar-refractivity contribution is 0.863. The van der Waals surface area contributed by atoms with Crippen molar-refractivity contribution in [1.82, 2.24) is 9.38 Å². The Kier molecular flexibility index (Phi) is 3.28. The molecule has 0 saturated heterocycles. The molecule has 0 aliphatic heterocycles. The molecule has 3 aromatic rings. The minimum atomic E-state index is 0.618. The van der Waals surface area contributed by atoms with Crippen LogP contribution >= 0.6 is 0 Å². The van der Waals surface area contributed by atoms with Gasteiger partial charge < -0.3 is 10.1 Å². The zero-order chi connectivity index (χ0) is 14.1. The summed E-state index contributed by atoms with van der Waals surface area (Å²) >= 11 is 0. The highest BCUT2D eigenvalue weighted by Gasteiger charge is 2.10. The van der Waals surface area contributed by atoms with E-state index in [1.807, 2.05) is 6.20 Å². The van der Waals surface area contributed by atoms with Gasteiger partial charge in [0, 0.05) is 18.2 Å². The number of nitrogens with two attached hydrogens (primary N) is 1. The number of hydrogen-bond acceptors (Lipinski definition) is 2. The minimum Gasteiger partial charge on any atom is -0.330 e. The Bertz CT molecular complexity index is 756. The normalized spacial score (nSPS) is 11.2. The lowest BCUT2D eigenvalue weighted by atomic mass is 9.99. The first-order chi connectivity index (χ1) is 9.70. The number of aryl methyl sites for hydroxylation is 2. The third-order valence-corrected chi connectivity index (χ3v) is 3.69. The fourth-order valence-corrected chi connectivity index (χ4v) is 2.73. The monoisotopic (exact) mass is 265 g/mol. The summed E-state index contributed by atoms with van der Waals surface area (Å²) in [6, 6.07) is 10.8. The number of hydrogen-bond donors (Lipinski definition) is 1. The van der Waals surface area contributed by atoms with E-state index in [4.69, 9.17) is 5.73 Å². The molecule has 0 spiro atoms. The standard InChI is InChI=1S/C17H19N3/c1-12-5-6-14(13(2)10-12)15-4-3-9-20-16(15)11-19-17(20)7-8-18/h3-6,9-11H,7-8,18H2,1-2H3. The Morgan fingerprint density at radius 1 is 1.15 bits per heavy atom. The summed E-state index contributed by atoms with van der Waals surface area (Å²) in [5.41, 5.74) is 11.9. The number of imidazole rings is 1. The molecular weight excluding hydrogens is 246 g/mol. The van der Waals surface area contributed by atoms with Crippen molar-refractivity contribution in [2.24, 2.45) is 5.73 Å². The molecule has 1 aromatic carbocycles. The number of nitrogens with zero attached hydrogens (tertiary/aromatic N) is 2. The van der Waals surface area contributed by atoms with Gasteiger partial charge in [0.05, 0.1) is 11.7 Å². The van der Waals surface area contributed by atoms with E-state index in [0.717, 1.165) is 17.8 Å². The largest absolute Gasteiger partial charge is 0.330 e. The van der Waals surface area contributed by atoms with Gasteiger partial charge in [-0.15, -0.1) is 0 Å². The maximum Gasteiger partial charge on any atom is 0.114 e. The van der Waals surface area contributed by atoms with Gasteiger partial charge in [0.1, 0.15) is 5.82 Å². The molecule has 0 bridgehead atoms. The summed E-state index contributed by atoms with van der Waals surface area (Å²) < 4.78 is 2.14. The first-order valence-corrected chi connectivity index (χ1v) is 6.93. The third kappa shape index (κ3) is 2.10. The summed E-state index contributed by atoms with van der Waals surface area (Å²) in [4.78, 5) is 4.50. The van der Waals surface area contributed by atoms with Gasteiger partial charge in [-0.1, -0.05) is 29.8 Å². The predicted molar refractivity (Wildman–Crippen MR) is 82.9 cm³/mol. The molecule has 0 aliphatic carbocycles. The number of benzene rings is 1. The fraction of sp³-hybridized carbons (Fsp3) is 0.235. The highest BCUT2D eigenvalue weighted by atomic mass is 15.0. The molecule has 0 aliphatic rings. The second-order valence-corrected chi connectivity index (χ2v) is 5.21. The molecule has 0 radical (unpaired) electrons. The van der Waals surface area contributed by atoms with Crippen molar-refractivity contribution in [3.8, 4) is 11.1 Å². The van der Waals surface area contributed by atoms with E-state index in [2.05, 4.69) is 59.8 Å². The van der Waals surface area contributed by atoms with Gasteiger partial charge in [-0.25, -0.2) is 4.98 Å². The van der Waals surface area contributed by atoms with Crippen LogP contribution in [0.25, 0.3) is 16.6 Å². The van der Waals surface area contributed by atoms with Gasteiger partial charge in [-0.3, -0.25) is 0 Å². The molecule has 3 nitrogen and oxygen atoms in total. The summed E-state index contributed by atoms with van der Waals surface area (Å²) in [6.07, 6.45) is 4.80. The van der Waals surface area contributed by atoms with Crippen LogP contribution < -0.4 is 5.73 Å². The Balaban J connectivity index is 2.21. The Hall–Kier alpha value is -2.13. The third-order valence-electron chi connectivity index (χ3n) is 3.69. The minimum absolute atomic E-state index is 0.618. The number of rotatable bonds is 3. The summed E-state index contributed by atoms with van der Waals surface area (Å²) in [5.74, 6) is 1.02. The second-order valence-electron chi connectivity index (χ2n) is 5.21. The van der Waals surface area contributed by atoms with E-state index in [1.54, 1.807) is 0 Å². The molecule has 2 N–H and O–H groups in total. The number of pyridine rings is 1. The van der Waals surface area contributed by atoms with Gasteiger partial charge in [-0.05, 0) is 37.6 Å². The maximum atomic E-state index is 5.65. The van der Waals surface area contributed by atoms with E-state index >= 15 is 0 Å². The van der Waals surface area contributed by atoms with E-state index in [0.29, 0.717) is 6.54 Å². The smallest absolute Gasteiger partial charge is 0.114 e. The van der Waals surface area contributed by atoms with Crippen molar-refractivity contribution in [3.05, 3.63) is 59.7 Å². The maximum absolute atomic E-state index is 5.65. The van der Waals surface area contributed by atoms with Crippen LogP contribution in [0.2, 0.25) is 0 Å². The highest BCUT2D eigenvalue weighted by Crippen LogP contribution is 2.28. The van der Waals surface area contributed by atoms with Gasteiger partial charge in [0.25, 0.3) is 0 Å². The molecule has 3 heteroatoms. The molecule has 2 heterocycles. The highest BCUT2D eigenvalue weighted by molar-refractivity contribution is 5.82. The van der Waals surface area contributed by atoms with E-state index < -0.39 is 0 Å². The van der Waals surface area contributed by atoms with E-state index in [-0.39, 0.29) is 0 Å². The lowest BCUT2D eigenvalue weighted by Gasteiger charge is -2.09. The molecule has 0 saturated carbocycles. The number of fused-ring (bicyclic) bond motifs is 1. The average molecular weight is 265 g/mol. The number of aromatic nitrogens is 2. The van der Waals surface area contributed by atoms with Gasteiger partial charge >= 0.3 is 0 Å². The Morgan fingerprint density at radius 2 is 2.00 bits per heavy atom. The molecular formula is C17H19N3. The van der Waals surface area contributed by atoms with Crippen LogP contribution in [0.1, 0.15) is 17.0 Å². The second kappa shape index (κ2) is 5.10. The van der Waals surface area contributed by atoms with Gasteiger partial charge in [0.15, 0.2) is 0 Å². The van der Waals surface area contributed by atoms with E-state index in [9.17, 15) is 0 Å². The van der Waals surface area contributed by atoms with Crippen LogP contribution in [0.5, 0.6) is 0 Å². The van der Waals surface area contributed by atoms with Crippen LogP contribution in [0, 0.1) is 13.8 Å². The van der Waals surface area contributed by atoms with Crippen molar-refractivity contribution in [1.29, 1.82) is 0 Å². The molecule has 0 fully saturated rings. The molecule has 0 unspecified atom stereocenters. The summed E-state index contributed by atoms with van der Waals surface area (Å²) in [5, 5.41) is 0. The molecule has 0 amide bonds. The van der Waals surface area contributed by atoms with Crippen molar-refractivity contribution in [2.45, 2.75) is 20.3 Å². The van der Waals surface area contributed by atoms with Crippen molar-refractivity contribution in [2.75, 3.05) is 6.54 Å². The average Bonchev–Trinajstić information content (AvgIpc) is 2.83. The van der Waals surface area contributed by atoms with Crippen LogP contribution in [0.15, 0.2) is 42.7 Å². The first kappa shape index (κ1) is 12.9. The molecule has 2 aromatic heterocycles. The quantitative estimate of drug-likeness (QED) is 0.790. The van der Waals surface area contributed by atoms with Crippen LogP contribution in [-0.2, 0) is 6.42 Å². The van der Waals surface area contributed by atoms with Crippen molar-refractivity contribution < 1.29 is 0 Å².